The number of carboxylic acids is 1. The summed E-state index contributed by atoms with van der Waals surface area (Å²) in [5.74, 6) is -1.38. The van der Waals surface area contributed by atoms with Gasteiger partial charge in [0.05, 0.1) is 10.9 Å². The Labute approximate surface area is 167 Å². The van der Waals surface area contributed by atoms with Crippen molar-refractivity contribution in [3.05, 3.63) is 18.2 Å². The van der Waals surface area contributed by atoms with E-state index in [1.54, 1.807) is 20.8 Å². The Balaban J connectivity index is 2.16. The topological polar surface area (TPSA) is 119 Å². The van der Waals surface area contributed by atoms with Gasteiger partial charge in [-0.2, -0.15) is 0 Å². The summed E-state index contributed by atoms with van der Waals surface area (Å²) in [6, 6.07) is -0.838. The molecule has 0 radical (unpaired) electrons. The van der Waals surface area contributed by atoms with Crippen LogP contribution in [0.25, 0.3) is 0 Å². The minimum absolute atomic E-state index is 0.0840. The second-order valence-corrected chi connectivity index (χ2v) is 8.95. The number of nitrogens with zero attached hydrogens (tertiary/aromatic N) is 3. The molecule has 154 valence electrons. The molecule has 2 heterocycles. The number of ether oxygens (including phenoxy) is 1. The first-order valence-corrected chi connectivity index (χ1v) is 9.82. The molecule has 28 heavy (non-hydrogen) atoms. The van der Waals surface area contributed by atoms with E-state index in [1.165, 1.54) is 24.3 Å². The summed E-state index contributed by atoms with van der Waals surface area (Å²) in [6.45, 7) is 6.97. The largest absolute Gasteiger partial charge is 0.480 e. The highest BCUT2D eigenvalue weighted by Crippen LogP contribution is 2.33. The van der Waals surface area contributed by atoms with Gasteiger partial charge in [-0.1, -0.05) is 11.8 Å². The number of thioether (sulfide) groups is 1. The van der Waals surface area contributed by atoms with Crippen molar-refractivity contribution in [1.82, 2.24) is 14.5 Å². The number of hydrogen-bond donors (Lipinski definition) is 1. The zero-order valence-electron chi connectivity index (χ0n) is 16.4. The summed E-state index contributed by atoms with van der Waals surface area (Å²) in [7, 11) is 0. The Bertz CT molecular complexity index is 770. The number of imidazole rings is 1. The third-order valence-corrected chi connectivity index (χ3v) is 5.09. The lowest BCUT2D eigenvalue weighted by atomic mass is 10.2. The molecule has 1 fully saturated rings. The Morgan fingerprint density at radius 1 is 1.36 bits per heavy atom. The van der Waals surface area contributed by atoms with Crippen LogP contribution in [0.2, 0.25) is 0 Å². The zero-order valence-corrected chi connectivity index (χ0v) is 17.2. The van der Waals surface area contributed by atoms with E-state index in [9.17, 15) is 24.3 Å². The lowest BCUT2D eigenvalue weighted by Crippen LogP contribution is -2.40. The van der Waals surface area contributed by atoms with Crippen LogP contribution in [0.3, 0.4) is 0 Å². The molecule has 0 bridgehead atoms. The smallest absolute Gasteiger partial charge is 0.419 e. The number of amides is 1. The molecule has 0 spiro atoms. The minimum atomic E-state index is -1.03. The van der Waals surface area contributed by atoms with Crippen LogP contribution in [0, 0.1) is 0 Å². The average molecular weight is 411 g/mol. The number of aromatic nitrogens is 2. The van der Waals surface area contributed by atoms with Gasteiger partial charge in [0, 0.05) is 26.1 Å². The van der Waals surface area contributed by atoms with E-state index in [0.717, 1.165) is 16.3 Å². The predicted molar refractivity (Wildman–Crippen MR) is 102 cm³/mol. The summed E-state index contributed by atoms with van der Waals surface area (Å²) in [4.78, 5) is 53.3. The van der Waals surface area contributed by atoms with Gasteiger partial charge in [-0.15, -0.1) is 0 Å². The Morgan fingerprint density at radius 2 is 2.04 bits per heavy atom. The summed E-state index contributed by atoms with van der Waals surface area (Å²) in [5, 5.41) is 8.44. The van der Waals surface area contributed by atoms with Gasteiger partial charge in [-0.25, -0.2) is 19.1 Å². The number of hydrogen-bond acceptors (Lipinski definition) is 7. The van der Waals surface area contributed by atoms with Crippen molar-refractivity contribution in [2.24, 2.45) is 0 Å². The standard InChI is InChI=1S/C18H25N3O6S/c1-11(22)28-14(8-15(23)21-7-5-6-13(21)16(24)25)12-9-20(10-19-12)17(26)27-18(2,3)4/h9-10,13-14H,5-8H2,1-4H3,(H,24,25)/t13-,14?/m0/s1. The highest BCUT2D eigenvalue weighted by atomic mass is 32.2. The highest BCUT2D eigenvalue weighted by molar-refractivity contribution is 8.13. The summed E-state index contributed by atoms with van der Waals surface area (Å²) >= 11 is 0.926. The first kappa shape index (κ1) is 21.9. The maximum atomic E-state index is 12.7. The van der Waals surface area contributed by atoms with Crippen LogP contribution in [0.4, 0.5) is 4.79 Å². The van der Waals surface area contributed by atoms with Crippen LogP contribution in [-0.4, -0.2) is 60.8 Å². The zero-order chi connectivity index (χ0) is 21.1. The molecular weight excluding hydrogens is 386 g/mol. The van der Waals surface area contributed by atoms with Gasteiger partial charge in [0.15, 0.2) is 5.12 Å². The van der Waals surface area contributed by atoms with Crippen LogP contribution in [0.5, 0.6) is 0 Å². The first-order chi connectivity index (χ1) is 13.0. The fraction of sp³-hybridized carbons (Fsp3) is 0.611. The van der Waals surface area contributed by atoms with E-state index >= 15 is 0 Å². The van der Waals surface area contributed by atoms with Gasteiger partial charge in [-0.3, -0.25) is 9.59 Å². The van der Waals surface area contributed by atoms with E-state index in [1.807, 2.05) is 0 Å². The second-order valence-electron chi connectivity index (χ2n) is 7.57. The minimum Gasteiger partial charge on any atom is -0.480 e. The number of likely N-dealkylation sites (tertiary alicyclic amines) is 1. The van der Waals surface area contributed by atoms with E-state index in [0.29, 0.717) is 25.1 Å². The predicted octanol–water partition coefficient (Wildman–Crippen LogP) is 2.45. The van der Waals surface area contributed by atoms with Gasteiger partial charge < -0.3 is 14.7 Å². The molecule has 0 aliphatic carbocycles. The van der Waals surface area contributed by atoms with Crippen molar-refractivity contribution in [1.29, 1.82) is 0 Å². The third-order valence-electron chi connectivity index (χ3n) is 4.06. The molecule has 1 aromatic heterocycles. The molecule has 0 aromatic carbocycles. The molecule has 1 amide bonds. The van der Waals surface area contributed by atoms with Gasteiger partial charge in [0.25, 0.3) is 0 Å². The first-order valence-electron chi connectivity index (χ1n) is 8.94. The highest BCUT2D eigenvalue weighted by Gasteiger charge is 2.35. The molecular formula is C18H25N3O6S. The molecule has 2 atom stereocenters. The van der Waals surface area contributed by atoms with Crippen LogP contribution < -0.4 is 0 Å². The van der Waals surface area contributed by atoms with Gasteiger partial charge in [0.2, 0.25) is 5.91 Å². The van der Waals surface area contributed by atoms with Crippen LogP contribution in [0.15, 0.2) is 12.5 Å². The van der Waals surface area contributed by atoms with Crippen molar-refractivity contribution >= 4 is 34.8 Å². The molecule has 1 saturated heterocycles. The molecule has 10 heteroatoms. The number of carbonyl (C=O) groups is 4. The average Bonchev–Trinajstić information content (AvgIpc) is 3.21. The summed E-state index contributed by atoms with van der Waals surface area (Å²) in [6.07, 6.45) is 3.05. The molecule has 0 saturated carbocycles. The Hall–Kier alpha value is -2.36. The van der Waals surface area contributed by atoms with Crippen molar-refractivity contribution < 1.29 is 29.0 Å². The van der Waals surface area contributed by atoms with Crippen molar-refractivity contribution in [2.75, 3.05) is 6.54 Å². The lowest BCUT2D eigenvalue weighted by molar-refractivity contribution is -0.148. The maximum Gasteiger partial charge on any atom is 0.419 e. The van der Waals surface area contributed by atoms with E-state index in [-0.39, 0.29) is 17.4 Å². The number of aliphatic carboxylic acids is 1. The SMILES string of the molecule is CC(=O)SC(CC(=O)N1CCC[C@H]1C(=O)O)c1cn(C(=O)OC(C)(C)C)cn1. The molecule has 1 aliphatic heterocycles. The molecule has 1 aliphatic rings. The maximum absolute atomic E-state index is 12.7. The fourth-order valence-electron chi connectivity index (χ4n) is 2.92. The Morgan fingerprint density at radius 3 is 2.61 bits per heavy atom. The molecule has 1 unspecified atom stereocenters. The second kappa shape index (κ2) is 8.76. The number of rotatable bonds is 5. The van der Waals surface area contributed by atoms with Crippen LogP contribution >= 0.6 is 11.8 Å². The quantitative estimate of drug-likeness (QED) is 0.785. The van der Waals surface area contributed by atoms with Gasteiger partial charge >= 0.3 is 12.1 Å². The van der Waals surface area contributed by atoms with Crippen LogP contribution in [-0.2, 0) is 19.1 Å². The molecule has 9 nitrogen and oxygen atoms in total. The van der Waals surface area contributed by atoms with Crippen LogP contribution in [0.1, 0.15) is 57.9 Å². The number of carboxylic acid groups (broad SMARTS) is 1. The molecule has 2 rings (SSSR count). The molecule has 1 aromatic rings. The van der Waals surface area contributed by atoms with Gasteiger partial charge in [0.1, 0.15) is 18.0 Å². The van der Waals surface area contributed by atoms with E-state index in [4.69, 9.17) is 4.74 Å². The fourth-order valence-corrected chi connectivity index (χ4v) is 3.79. The summed E-state index contributed by atoms with van der Waals surface area (Å²) in [5.41, 5.74) is -0.294. The third kappa shape index (κ3) is 5.82. The Kier molecular flexibility index (Phi) is 6.87. The summed E-state index contributed by atoms with van der Waals surface area (Å²) < 4.78 is 6.43. The number of carbonyl (C=O) groups excluding carboxylic acids is 3. The van der Waals surface area contributed by atoms with Crippen molar-refractivity contribution in [3.8, 4) is 0 Å². The molecule has 1 N–H and O–H groups in total. The van der Waals surface area contributed by atoms with Gasteiger partial charge in [-0.05, 0) is 33.6 Å². The lowest BCUT2D eigenvalue weighted by Gasteiger charge is -2.23. The van der Waals surface area contributed by atoms with E-state index < -0.39 is 29.0 Å². The van der Waals surface area contributed by atoms with Crippen molar-refractivity contribution in [3.63, 3.8) is 0 Å². The monoisotopic (exact) mass is 411 g/mol. The normalized spacial score (nSPS) is 18.0. The van der Waals surface area contributed by atoms with E-state index in [2.05, 4.69) is 4.98 Å². The van der Waals surface area contributed by atoms with Crippen molar-refractivity contribution in [2.45, 2.75) is 63.9 Å².